The number of aliphatic hydroxyl groups excluding tert-OH is 21. The summed E-state index contributed by atoms with van der Waals surface area (Å²) in [7, 11) is 27.1. The Morgan fingerprint density at radius 3 is 0.315 bits per heavy atom. The number of hydrogen-bond donors (Lipinski definition) is 21. The number of hydrogen-bond acceptors (Lipinski definition) is 23. The van der Waals surface area contributed by atoms with E-state index in [1.54, 1.807) is 0 Å². The Balaban J connectivity index is -0.000000162. The van der Waals surface area contributed by atoms with Crippen molar-refractivity contribution in [1.82, 2.24) is 0 Å². The van der Waals surface area contributed by atoms with E-state index < -0.39 is 0 Å². The molecule has 0 aliphatic rings. The Morgan fingerprint density at radius 1 is 0.134 bits per heavy atom. The van der Waals surface area contributed by atoms with Crippen LogP contribution in [0.1, 0.15) is 154 Å². The molecule has 21 N–H and O–H groups in total. The van der Waals surface area contributed by atoms with E-state index >= 15 is 0 Å². The summed E-state index contributed by atoms with van der Waals surface area (Å²) >= 11 is 0. The molecule has 0 amide bonds. The topological polar surface area (TPSA) is 459 Å². The van der Waals surface area contributed by atoms with Gasteiger partial charge < -0.3 is 107 Å². The van der Waals surface area contributed by atoms with E-state index in [-0.39, 0.29) is 38.6 Å². The van der Waals surface area contributed by atoms with Crippen molar-refractivity contribution in [3.63, 3.8) is 0 Å². The first kappa shape index (κ1) is 118. The van der Waals surface area contributed by atoms with E-state index in [0.717, 1.165) is 22.3 Å². The Bertz CT molecular complexity index is 5020. The van der Waals surface area contributed by atoms with Crippen LogP contribution in [0.2, 0.25) is 0 Å². The van der Waals surface area contributed by atoms with Gasteiger partial charge in [-0.25, -0.2) is 0 Å². The fourth-order valence-electron chi connectivity index (χ4n) is 13.5. The molecule has 0 spiro atoms. The van der Waals surface area contributed by atoms with Gasteiger partial charge in [0.2, 0.25) is 30.1 Å². The van der Waals surface area contributed by atoms with Crippen molar-refractivity contribution in [2.75, 3.05) is 149 Å². The number of rotatable bonds is 16. The molecule has 0 bridgehead atoms. The van der Waals surface area contributed by atoms with Gasteiger partial charge in [-0.05, 0) is 80.6 Å². The van der Waals surface area contributed by atoms with E-state index in [0.29, 0.717) is 0 Å². The molecule has 15 aromatic carbocycles. The molecule has 23 nitrogen and oxygen atoms in total. The molecule has 0 saturated heterocycles. The quantitative estimate of drug-likeness (QED) is 0.0315. The molecule has 0 radical (unpaired) electrons. The Kier molecular flexibility index (Phi) is 90.9. The third-order valence-corrected chi connectivity index (χ3v) is 20.6. The first-order valence-corrected chi connectivity index (χ1v) is 45.6. The normalized spacial score (nSPS) is 10.6. The SMILES string of the molecule is CC(C)(c1ccccc1)c1ccc(C(C)(c2ccccc2)c2ccccc2)cc1.CC(C)(c1ccccc1)c1ccccc1.CC(C)(c1ccccc1)c1ccccc1.CC(c1ccccc1)(c1ccccc1)c1ccccc1.O=C(c1ccccc1)c1ccccc1.O=C(c1ccccc1)c1ccccc1.[2H]OC.[2H]OC.[2H]OC.[2H]OC.[2H]OC.[2H]OC.[2H]OC.[2H]OC.[2H]OC.[2H]OC.[2H]OC.[2H]OC.[2H]OC.[2H]OC.[2H]OC.[2H]OC.[2H]OC.[2H]OC.[2H]OC.[2H]OC.[2H]OC. The summed E-state index contributed by atoms with van der Waals surface area (Å²) in [5, 5.41) is 73.5. The molecule has 0 aliphatic heterocycles. The lowest BCUT2D eigenvalue weighted by Crippen LogP contribution is -2.26. The summed E-state index contributed by atoms with van der Waals surface area (Å²) < 4.78 is 120. The van der Waals surface area contributed by atoms with Gasteiger partial charge in [0.15, 0.2) is 11.6 Å². The molecular formula is C126H182O23. The highest BCUT2D eigenvalue weighted by Crippen LogP contribution is 2.42. The molecule has 0 unspecified atom stereocenters. The first-order valence-electron chi connectivity index (χ1n) is 54.1. The standard InChI is InChI=1S/C29H28.C20H18.2C15H16.2C13H10O.21CH4O/c1-28(2,23-13-7-4-8-14-23)24-19-21-27(22-20-24)29(3,25-15-9-5-10-16-25)26-17-11-6-12-18-26;1-20(17-11-5-2-6-12-17,18-13-7-3-8-14-18)19-15-9-4-10-16-19;2*1-15(2,13-9-5-3-6-10-13)14-11-7-4-8-12-14;2*14-13(11-7-3-1-4-8-11)12-9-5-2-6-10-12;21*1-2/h4-22H,1-3H3;2-16H,1H3;2*3-12H,1-2H3;2*1-10H;21*2H,1H3/i;;;;;;21*2D. The number of carbonyl (C=O) groups is 2. The molecule has 0 aromatic heterocycles. The zero-order chi connectivity index (χ0) is 132. The van der Waals surface area contributed by atoms with Crippen molar-refractivity contribution < 1.29 is 117 Å². The second kappa shape index (κ2) is 115. The zero-order valence-corrected chi connectivity index (χ0v) is 92.6. The van der Waals surface area contributed by atoms with Crippen LogP contribution in [0.25, 0.3) is 0 Å². The lowest BCUT2D eigenvalue weighted by atomic mass is 9.70. The predicted octanol–water partition coefficient (Wildman–Crippen LogP) is 18.0. The number of carbonyl (C=O) groups excluding carboxylic acids is 2. The molecule has 0 aliphatic carbocycles. The third kappa shape index (κ3) is 61.4. The number of aliphatic hydroxyl groups is 21. The van der Waals surface area contributed by atoms with E-state index in [1.165, 1.54) is 216 Å². The number of benzene rings is 15. The maximum Gasteiger partial charge on any atom is 0.210 e. The molecule has 0 fully saturated rings. The predicted molar refractivity (Wildman–Crippen MR) is 622 cm³/mol. The van der Waals surface area contributed by atoms with Crippen LogP contribution in [-0.2, 0) is 27.1 Å². The smallest absolute Gasteiger partial charge is 0.210 e. The van der Waals surface area contributed by atoms with Crippen LogP contribution >= 0.6 is 0 Å². The second-order valence-electron chi connectivity index (χ2n) is 28.5. The molecule has 23 heteroatoms. The zero-order valence-electron chi connectivity index (χ0n) is 114. The molecule has 0 atom stereocenters. The van der Waals surface area contributed by atoms with Crippen LogP contribution in [0.3, 0.4) is 0 Å². The summed E-state index contributed by atoms with van der Waals surface area (Å²) in [6.07, 6.45) is 0. The monoisotopic (exact) mass is 2080 g/mol. The lowest BCUT2D eigenvalue weighted by molar-refractivity contribution is 0.103. The van der Waals surface area contributed by atoms with Gasteiger partial charge in [0.25, 0.3) is 0 Å². The van der Waals surface area contributed by atoms with Crippen LogP contribution in [0.5, 0.6) is 0 Å². The Morgan fingerprint density at radius 2 is 0.208 bits per heavy atom. The highest BCUT2D eigenvalue weighted by Gasteiger charge is 2.33. The van der Waals surface area contributed by atoms with Gasteiger partial charge in [-0.3, -0.25) is 9.59 Å². The van der Waals surface area contributed by atoms with Crippen molar-refractivity contribution in [2.45, 2.75) is 82.5 Å². The van der Waals surface area contributed by atoms with E-state index in [9.17, 15) is 9.59 Å². The van der Waals surface area contributed by atoms with Gasteiger partial charge in [-0.1, -0.05) is 490 Å². The maximum atomic E-state index is 11.8. The van der Waals surface area contributed by atoms with E-state index in [2.05, 4.69) is 490 Å². The van der Waals surface area contributed by atoms with Crippen LogP contribution < -0.4 is 0 Å². The van der Waals surface area contributed by atoms with Gasteiger partial charge in [0.1, 0.15) is 0 Å². The fourth-order valence-corrected chi connectivity index (χ4v) is 13.5. The van der Waals surface area contributed by atoms with E-state index in [4.69, 9.17) is 30.1 Å². The van der Waals surface area contributed by atoms with Crippen molar-refractivity contribution in [3.05, 3.63) is 538 Å². The molecule has 0 saturated carbocycles. The fraction of sp³-hybridized carbons (Fsp3) is 0.270. The van der Waals surface area contributed by atoms with Crippen LogP contribution in [-0.4, -0.2) is 298 Å². The van der Waals surface area contributed by atoms with E-state index in [1.807, 2.05) is 121 Å². The van der Waals surface area contributed by atoms with Gasteiger partial charge >= 0.3 is 0 Å². The molecule has 0 heterocycles. The Labute approximate surface area is 924 Å². The minimum atomic E-state index is -0.196. The highest BCUT2D eigenvalue weighted by atomic mass is 16.3. The van der Waals surface area contributed by atoms with Gasteiger partial charge in [-0.2, -0.15) is 0 Å². The van der Waals surface area contributed by atoms with Crippen LogP contribution in [0, 0.1) is 0 Å². The summed E-state index contributed by atoms with van der Waals surface area (Å²) in [6, 6.07) is 153. The average molecular weight is 2090 g/mol. The molecule has 824 valence electrons. The van der Waals surface area contributed by atoms with Gasteiger partial charge in [0, 0.05) is 199 Å². The summed E-state index contributed by atoms with van der Waals surface area (Å²) in [5.41, 5.74) is 18.7. The van der Waals surface area contributed by atoms with Gasteiger partial charge in [-0.15, -0.1) is 0 Å². The minimum absolute atomic E-state index is 0.0321. The van der Waals surface area contributed by atoms with Crippen molar-refractivity contribution in [3.8, 4) is 0 Å². The first-order chi connectivity index (χ1) is 81.7. The minimum Gasteiger partial charge on any atom is -0.400 e. The van der Waals surface area contributed by atoms with Crippen molar-refractivity contribution in [1.29, 1.82) is 30.1 Å². The Hall–Kier alpha value is -13.2. The lowest BCUT2D eigenvalue weighted by Gasteiger charge is -2.33. The molecular weight excluding hydrogens is 1880 g/mol. The largest absolute Gasteiger partial charge is 0.400 e. The molecule has 149 heavy (non-hydrogen) atoms. The van der Waals surface area contributed by atoms with Crippen LogP contribution in [0.4, 0.5) is 0 Å². The molecule has 15 rings (SSSR count). The highest BCUT2D eigenvalue weighted by molar-refractivity contribution is 6.09. The van der Waals surface area contributed by atoms with Crippen molar-refractivity contribution in [2.24, 2.45) is 0 Å². The summed E-state index contributed by atoms with van der Waals surface area (Å²) in [4.78, 5) is 23.7. The number of ketones is 2. The summed E-state index contributed by atoms with van der Waals surface area (Å²) in [5.74, 6) is 0.150. The summed E-state index contributed by atoms with van der Waals surface area (Å²) in [6.45, 7) is 18.3. The van der Waals surface area contributed by atoms with Gasteiger partial charge in [0.05, 0.1) is 0 Å². The van der Waals surface area contributed by atoms with Crippen molar-refractivity contribution >= 4 is 11.6 Å². The molecule has 15 aromatic rings. The third-order valence-electron chi connectivity index (χ3n) is 20.6. The maximum absolute atomic E-state index is 11.8. The van der Waals surface area contributed by atoms with Crippen LogP contribution in [0.15, 0.2) is 449 Å². The second-order valence-corrected chi connectivity index (χ2v) is 28.5. The average Bonchev–Trinajstić information content (AvgIpc) is 0.776.